The molecule has 0 aromatic rings. The van der Waals surface area contributed by atoms with Crippen LogP contribution in [0.2, 0.25) is 0 Å². The largest absolute Gasteiger partial charge is 0.338 e. The molecule has 0 aliphatic rings. The lowest BCUT2D eigenvalue weighted by molar-refractivity contribution is 0.225. The van der Waals surface area contributed by atoms with E-state index in [0.717, 1.165) is 6.42 Å². The third kappa shape index (κ3) is 9.05. The predicted molar refractivity (Wildman–Crippen MR) is 59.7 cm³/mol. The standard InChI is InChI=1S/C10H21N3O2/c1-7(2)5-6-11-9(14)13-10(15)12-8(3)4/h7-8H,5-6H2,1-4H3,(H3,11,12,13,14,15). The molecule has 15 heavy (non-hydrogen) atoms. The van der Waals surface area contributed by atoms with E-state index in [1.807, 2.05) is 13.8 Å². The molecule has 0 saturated carbocycles. The first-order chi connectivity index (χ1) is 6.91. The zero-order chi connectivity index (χ0) is 11.8. The van der Waals surface area contributed by atoms with E-state index in [4.69, 9.17) is 0 Å². The van der Waals surface area contributed by atoms with Crippen LogP contribution >= 0.6 is 0 Å². The van der Waals surface area contributed by atoms with Crippen LogP contribution in [0.4, 0.5) is 9.59 Å². The maximum atomic E-state index is 11.1. The highest BCUT2D eigenvalue weighted by Crippen LogP contribution is 1.95. The highest BCUT2D eigenvalue weighted by atomic mass is 16.2. The summed E-state index contributed by atoms with van der Waals surface area (Å²) in [6.07, 6.45) is 0.902. The van der Waals surface area contributed by atoms with Crippen molar-refractivity contribution in [3.05, 3.63) is 0 Å². The molecular formula is C10H21N3O2. The van der Waals surface area contributed by atoms with Gasteiger partial charge in [0, 0.05) is 12.6 Å². The van der Waals surface area contributed by atoms with Crippen molar-refractivity contribution in [1.29, 1.82) is 0 Å². The number of urea groups is 2. The van der Waals surface area contributed by atoms with Gasteiger partial charge in [0.1, 0.15) is 0 Å². The molecule has 0 bridgehead atoms. The molecule has 0 radical (unpaired) electrons. The smallest absolute Gasteiger partial charge is 0.323 e. The molecule has 0 aliphatic heterocycles. The average molecular weight is 215 g/mol. The Bertz CT molecular complexity index is 215. The minimum Gasteiger partial charge on any atom is -0.338 e. The summed E-state index contributed by atoms with van der Waals surface area (Å²) in [5, 5.41) is 7.35. The van der Waals surface area contributed by atoms with E-state index >= 15 is 0 Å². The minimum atomic E-state index is -0.466. The van der Waals surface area contributed by atoms with Crippen LogP contribution in [-0.4, -0.2) is 24.6 Å². The first kappa shape index (κ1) is 13.7. The fraction of sp³-hybridized carbons (Fsp3) is 0.800. The highest BCUT2D eigenvalue weighted by molar-refractivity contribution is 5.93. The topological polar surface area (TPSA) is 70.2 Å². The number of carbonyl (C=O) groups is 2. The maximum absolute atomic E-state index is 11.1. The van der Waals surface area contributed by atoms with Gasteiger partial charge in [-0.05, 0) is 26.2 Å². The van der Waals surface area contributed by atoms with Gasteiger partial charge in [-0.3, -0.25) is 5.32 Å². The Labute approximate surface area is 91.0 Å². The third-order valence-electron chi connectivity index (χ3n) is 1.65. The molecule has 5 nitrogen and oxygen atoms in total. The average Bonchev–Trinajstić information content (AvgIpc) is 2.00. The van der Waals surface area contributed by atoms with E-state index < -0.39 is 12.1 Å². The molecule has 0 aromatic heterocycles. The van der Waals surface area contributed by atoms with Crippen molar-refractivity contribution in [2.24, 2.45) is 5.92 Å². The van der Waals surface area contributed by atoms with Crippen LogP contribution < -0.4 is 16.0 Å². The van der Waals surface area contributed by atoms with Crippen molar-refractivity contribution in [3.8, 4) is 0 Å². The van der Waals surface area contributed by atoms with E-state index in [2.05, 4.69) is 29.8 Å². The van der Waals surface area contributed by atoms with Crippen LogP contribution in [-0.2, 0) is 0 Å². The molecule has 0 rings (SSSR count). The fourth-order valence-electron chi connectivity index (χ4n) is 0.920. The molecule has 0 aromatic carbocycles. The molecule has 5 heteroatoms. The number of nitrogens with one attached hydrogen (secondary N) is 3. The third-order valence-corrected chi connectivity index (χ3v) is 1.65. The zero-order valence-electron chi connectivity index (χ0n) is 9.89. The van der Waals surface area contributed by atoms with Gasteiger partial charge in [-0.25, -0.2) is 9.59 Å². The molecule has 0 unspecified atom stereocenters. The second-order valence-corrected chi connectivity index (χ2v) is 4.19. The summed E-state index contributed by atoms with van der Waals surface area (Å²) in [5.74, 6) is 0.537. The molecule has 88 valence electrons. The summed E-state index contributed by atoms with van der Waals surface area (Å²) in [4.78, 5) is 22.2. The van der Waals surface area contributed by atoms with Gasteiger partial charge >= 0.3 is 12.1 Å². The Morgan fingerprint density at radius 2 is 1.67 bits per heavy atom. The summed E-state index contributed by atoms with van der Waals surface area (Å²) in [5.41, 5.74) is 0. The van der Waals surface area contributed by atoms with Gasteiger partial charge in [-0.15, -0.1) is 0 Å². The van der Waals surface area contributed by atoms with E-state index in [1.54, 1.807) is 0 Å². The van der Waals surface area contributed by atoms with E-state index in [0.29, 0.717) is 12.5 Å². The lowest BCUT2D eigenvalue weighted by atomic mass is 10.1. The summed E-state index contributed by atoms with van der Waals surface area (Å²) in [7, 11) is 0. The summed E-state index contributed by atoms with van der Waals surface area (Å²) in [6.45, 7) is 8.39. The lowest BCUT2D eigenvalue weighted by Gasteiger charge is -2.10. The SMILES string of the molecule is CC(C)CCNC(=O)NC(=O)NC(C)C. The van der Waals surface area contributed by atoms with Gasteiger partial charge in [0.25, 0.3) is 0 Å². The van der Waals surface area contributed by atoms with Crippen LogP contribution in [0, 0.1) is 5.92 Å². The quantitative estimate of drug-likeness (QED) is 0.664. The number of carbonyl (C=O) groups excluding carboxylic acids is 2. The van der Waals surface area contributed by atoms with Gasteiger partial charge < -0.3 is 10.6 Å². The first-order valence-electron chi connectivity index (χ1n) is 5.27. The van der Waals surface area contributed by atoms with Crippen LogP contribution in [0.3, 0.4) is 0 Å². The summed E-state index contributed by atoms with van der Waals surface area (Å²) in [6, 6.07) is -0.894. The molecule has 0 saturated heterocycles. The second-order valence-electron chi connectivity index (χ2n) is 4.19. The van der Waals surface area contributed by atoms with Crippen LogP contribution in [0.1, 0.15) is 34.1 Å². The van der Waals surface area contributed by atoms with Crippen molar-refractivity contribution >= 4 is 12.1 Å². The van der Waals surface area contributed by atoms with Crippen molar-refractivity contribution in [3.63, 3.8) is 0 Å². The van der Waals surface area contributed by atoms with Crippen molar-refractivity contribution in [2.45, 2.75) is 40.2 Å². The van der Waals surface area contributed by atoms with Crippen molar-refractivity contribution < 1.29 is 9.59 Å². The number of imide groups is 1. The number of hydrogen-bond acceptors (Lipinski definition) is 2. The van der Waals surface area contributed by atoms with E-state index in [1.165, 1.54) is 0 Å². The van der Waals surface area contributed by atoms with E-state index in [9.17, 15) is 9.59 Å². The van der Waals surface area contributed by atoms with Crippen LogP contribution in [0.5, 0.6) is 0 Å². The maximum Gasteiger partial charge on any atom is 0.323 e. The predicted octanol–water partition coefficient (Wildman–Crippen LogP) is 1.45. The Hall–Kier alpha value is -1.26. The minimum absolute atomic E-state index is 0.0217. The molecule has 0 heterocycles. The summed E-state index contributed by atoms with van der Waals surface area (Å²) >= 11 is 0. The Kier molecular flexibility index (Phi) is 6.49. The number of amides is 4. The van der Waals surface area contributed by atoms with Crippen molar-refractivity contribution in [2.75, 3.05) is 6.54 Å². The van der Waals surface area contributed by atoms with Gasteiger partial charge in [0.05, 0.1) is 0 Å². The highest BCUT2D eigenvalue weighted by Gasteiger charge is 2.07. The van der Waals surface area contributed by atoms with Crippen LogP contribution in [0.25, 0.3) is 0 Å². The van der Waals surface area contributed by atoms with Crippen LogP contribution in [0.15, 0.2) is 0 Å². The fourth-order valence-corrected chi connectivity index (χ4v) is 0.920. The second kappa shape index (κ2) is 7.09. The van der Waals surface area contributed by atoms with Crippen molar-refractivity contribution in [1.82, 2.24) is 16.0 Å². The van der Waals surface area contributed by atoms with E-state index in [-0.39, 0.29) is 6.04 Å². The molecule has 0 atom stereocenters. The number of hydrogen-bond donors (Lipinski definition) is 3. The van der Waals surface area contributed by atoms with Gasteiger partial charge in [0.15, 0.2) is 0 Å². The number of rotatable bonds is 4. The molecule has 0 fully saturated rings. The molecular weight excluding hydrogens is 194 g/mol. The zero-order valence-corrected chi connectivity index (χ0v) is 9.89. The molecule has 0 spiro atoms. The molecule has 4 amide bonds. The van der Waals surface area contributed by atoms with Gasteiger partial charge in [-0.2, -0.15) is 0 Å². The molecule has 3 N–H and O–H groups in total. The monoisotopic (exact) mass is 215 g/mol. The lowest BCUT2D eigenvalue weighted by Crippen LogP contribution is -2.47. The normalized spacial score (nSPS) is 10.3. The first-order valence-corrected chi connectivity index (χ1v) is 5.27. The Balaban J connectivity index is 3.60. The molecule has 0 aliphatic carbocycles. The van der Waals surface area contributed by atoms with Gasteiger partial charge in [0.2, 0.25) is 0 Å². The Morgan fingerprint density at radius 3 is 2.13 bits per heavy atom. The Morgan fingerprint density at radius 1 is 1.07 bits per heavy atom. The summed E-state index contributed by atoms with van der Waals surface area (Å²) < 4.78 is 0. The van der Waals surface area contributed by atoms with Gasteiger partial charge in [-0.1, -0.05) is 13.8 Å².